The molecular weight excluding hydrogens is 412 g/mol. The minimum atomic E-state index is -3.66. The molecule has 0 aliphatic heterocycles. The zero-order valence-corrected chi connectivity index (χ0v) is 17.3. The number of sulfonamides is 1. The number of nitrogens with one attached hydrogen (secondary N) is 1. The van der Waals surface area contributed by atoms with Crippen molar-refractivity contribution >= 4 is 21.6 Å². The Hall–Kier alpha value is -3.44. The summed E-state index contributed by atoms with van der Waals surface area (Å²) >= 11 is 0. The number of hydrogen-bond donors (Lipinski definition) is 1. The number of rotatable bonds is 8. The molecular formula is C19H20N4O6S. The van der Waals surface area contributed by atoms with E-state index < -0.39 is 15.9 Å². The van der Waals surface area contributed by atoms with Gasteiger partial charge >= 0.3 is 0 Å². The van der Waals surface area contributed by atoms with Gasteiger partial charge in [-0.2, -0.15) is 0 Å². The summed E-state index contributed by atoms with van der Waals surface area (Å²) in [6.07, 6.45) is 1.23. The Kier molecular flexibility index (Phi) is 6.33. The number of aromatic nitrogens is 2. The highest BCUT2D eigenvalue weighted by molar-refractivity contribution is 7.89. The molecule has 1 N–H and O–H groups in total. The van der Waals surface area contributed by atoms with Crippen molar-refractivity contribution in [2.45, 2.75) is 4.90 Å². The number of benzene rings is 2. The lowest BCUT2D eigenvalue weighted by Gasteiger charge is -2.15. The lowest BCUT2D eigenvalue weighted by Crippen LogP contribution is -2.23. The maximum Gasteiger partial charge on any atom is 0.262 e. The lowest BCUT2D eigenvalue weighted by molar-refractivity contribution is -0.118. The number of carbonyl (C=O) groups excluding carboxylic acids is 1. The quantitative estimate of drug-likeness (QED) is 0.573. The molecule has 1 aromatic heterocycles. The summed E-state index contributed by atoms with van der Waals surface area (Å²) < 4.78 is 41.5. The summed E-state index contributed by atoms with van der Waals surface area (Å²) in [6.45, 7) is -0.284. The Morgan fingerprint density at radius 3 is 2.50 bits per heavy atom. The molecule has 10 nitrogen and oxygen atoms in total. The molecule has 3 rings (SSSR count). The van der Waals surface area contributed by atoms with Gasteiger partial charge in [0.2, 0.25) is 22.3 Å². The van der Waals surface area contributed by atoms with Crippen molar-refractivity contribution in [3.63, 3.8) is 0 Å². The van der Waals surface area contributed by atoms with Gasteiger partial charge in [-0.1, -0.05) is 0 Å². The van der Waals surface area contributed by atoms with E-state index in [0.29, 0.717) is 23.0 Å². The number of nitrogens with zero attached hydrogens (tertiary/aromatic N) is 3. The first-order chi connectivity index (χ1) is 14.3. The molecule has 0 fully saturated rings. The third-order valence-corrected chi connectivity index (χ3v) is 5.87. The maximum atomic E-state index is 12.3. The average Bonchev–Trinajstić information content (AvgIpc) is 3.27. The minimum Gasteiger partial charge on any atom is -0.495 e. The molecule has 0 aliphatic carbocycles. The molecule has 0 atom stereocenters. The average molecular weight is 432 g/mol. The molecule has 30 heavy (non-hydrogen) atoms. The van der Waals surface area contributed by atoms with E-state index in [1.54, 1.807) is 24.3 Å². The topological polar surface area (TPSA) is 124 Å². The molecule has 11 heteroatoms. The Labute approximate surface area is 173 Å². The van der Waals surface area contributed by atoms with Crippen LogP contribution in [-0.4, -0.2) is 56.6 Å². The summed E-state index contributed by atoms with van der Waals surface area (Å²) in [6, 6.07) is 11.0. The van der Waals surface area contributed by atoms with E-state index >= 15 is 0 Å². The van der Waals surface area contributed by atoms with Crippen LogP contribution < -0.4 is 14.8 Å². The zero-order valence-electron chi connectivity index (χ0n) is 16.5. The Morgan fingerprint density at radius 2 is 1.90 bits per heavy atom. The van der Waals surface area contributed by atoms with Gasteiger partial charge in [-0.25, -0.2) is 12.7 Å². The van der Waals surface area contributed by atoms with Gasteiger partial charge in [0.05, 0.1) is 17.7 Å². The van der Waals surface area contributed by atoms with Crippen molar-refractivity contribution in [2.24, 2.45) is 0 Å². The van der Waals surface area contributed by atoms with Crippen LogP contribution in [0.1, 0.15) is 0 Å². The standard InChI is InChI=1S/C19H20N4O6S/c1-23(2)30(25,26)15-8-9-17(27-3)16(10-15)21-18(24)11-28-14-6-4-13(5-7-14)19-22-20-12-29-19/h4-10,12H,11H2,1-3H3,(H,21,24). The summed E-state index contributed by atoms with van der Waals surface area (Å²) in [7, 11) is 0.615. The number of amides is 1. The highest BCUT2D eigenvalue weighted by atomic mass is 32.2. The highest BCUT2D eigenvalue weighted by Crippen LogP contribution is 2.28. The summed E-state index contributed by atoms with van der Waals surface area (Å²) in [5, 5.41) is 10.0. The third kappa shape index (κ3) is 4.75. The van der Waals surface area contributed by atoms with Gasteiger partial charge < -0.3 is 19.2 Å². The van der Waals surface area contributed by atoms with Crippen LogP contribution in [0, 0.1) is 0 Å². The maximum absolute atomic E-state index is 12.3. The third-order valence-electron chi connectivity index (χ3n) is 4.05. The molecule has 0 saturated carbocycles. The monoisotopic (exact) mass is 432 g/mol. The molecule has 0 spiro atoms. The summed E-state index contributed by atoms with van der Waals surface area (Å²) in [5.74, 6) is 0.682. The number of anilines is 1. The van der Waals surface area contributed by atoms with Crippen molar-refractivity contribution in [3.8, 4) is 23.0 Å². The van der Waals surface area contributed by atoms with E-state index in [0.717, 1.165) is 4.31 Å². The number of ether oxygens (including phenoxy) is 2. The van der Waals surface area contributed by atoms with Gasteiger partial charge in [-0.15, -0.1) is 10.2 Å². The second-order valence-electron chi connectivity index (χ2n) is 6.25. The van der Waals surface area contributed by atoms with Crippen molar-refractivity contribution in [3.05, 3.63) is 48.9 Å². The molecule has 1 heterocycles. The first kappa shape index (κ1) is 21.3. The fourth-order valence-electron chi connectivity index (χ4n) is 2.48. The molecule has 0 unspecified atom stereocenters. The van der Waals surface area contributed by atoms with Crippen molar-refractivity contribution in [1.29, 1.82) is 0 Å². The normalized spacial score (nSPS) is 11.3. The van der Waals surface area contributed by atoms with E-state index in [4.69, 9.17) is 13.9 Å². The molecule has 158 valence electrons. The van der Waals surface area contributed by atoms with Gasteiger partial charge in [-0.05, 0) is 42.5 Å². The van der Waals surface area contributed by atoms with Crippen LogP contribution in [0.4, 0.5) is 5.69 Å². The molecule has 0 radical (unpaired) electrons. The van der Waals surface area contributed by atoms with Gasteiger partial charge in [0.15, 0.2) is 6.61 Å². The molecule has 0 bridgehead atoms. The van der Waals surface area contributed by atoms with Crippen LogP contribution in [0.3, 0.4) is 0 Å². The van der Waals surface area contributed by atoms with Gasteiger partial charge in [0.25, 0.3) is 5.91 Å². The van der Waals surface area contributed by atoms with E-state index in [9.17, 15) is 13.2 Å². The Bertz CT molecular complexity index is 1110. The second-order valence-corrected chi connectivity index (χ2v) is 8.41. The Morgan fingerprint density at radius 1 is 1.17 bits per heavy atom. The number of methoxy groups -OCH3 is 1. The van der Waals surface area contributed by atoms with E-state index in [1.165, 1.54) is 45.8 Å². The van der Waals surface area contributed by atoms with Crippen LogP contribution in [0.15, 0.2) is 58.2 Å². The SMILES string of the molecule is COc1ccc(S(=O)(=O)N(C)C)cc1NC(=O)COc1ccc(-c2nnco2)cc1. The predicted molar refractivity (Wildman–Crippen MR) is 108 cm³/mol. The fraction of sp³-hybridized carbons (Fsp3) is 0.211. The van der Waals surface area contributed by atoms with Crippen LogP contribution in [0.25, 0.3) is 11.5 Å². The molecule has 0 saturated heterocycles. The van der Waals surface area contributed by atoms with Crippen LogP contribution >= 0.6 is 0 Å². The fourth-order valence-corrected chi connectivity index (χ4v) is 3.41. The van der Waals surface area contributed by atoms with Gasteiger partial charge in [0.1, 0.15) is 11.5 Å². The number of carbonyl (C=O) groups is 1. The summed E-state index contributed by atoms with van der Waals surface area (Å²) in [4.78, 5) is 12.3. The first-order valence-corrected chi connectivity index (χ1v) is 10.1. The molecule has 0 aliphatic rings. The zero-order chi connectivity index (χ0) is 21.7. The van der Waals surface area contributed by atoms with E-state index in [1.807, 2.05) is 0 Å². The minimum absolute atomic E-state index is 0.0288. The summed E-state index contributed by atoms with van der Waals surface area (Å²) in [5.41, 5.74) is 0.939. The first-order valence-electron chi connectivity index (χ1n) is 8.71. The number of hydrogen-bond acceptors (Lipinski definition) is 8. The van der Waals surface area contributed by atoms with Crippen LogP contribution in [-0.2, 0) is 14.8 Å². The lowest BCUT2D eigenvalue weighted by atomic mass is 10.2. The van der Waals surface area contributed by atoms with Crippen molar-refractivity contribution < 1.29 is 27.1 Å². The largest absolute Gasteiger partial charge is 0.495 e. The van der Waals surface area contributed by atoms with Crippen molar-refractivity contribution in [1.82, 2.24) is 14.5 Å². The van der Waals surface area contributed by atoms with Crippen LogP contribution in [0.2, 0.25) is 0 Å². The van der Waals surface area contributed by atoms with Crippen LogP contribution in [0.5, 0.6) is 11.5 Å². The van der Waals surface area contributed by atoms with Crippen molar-refractivity contribution in [2.75, 3.05) is 33.1 Å². The van der Waals surface area contributed by atoms with Gasteiger partial charge in [-0.3, -0.25) is 4.79 Å². The second kappa shape index (κ2) is 8.93. The molecule has 1 amide bonds. The highest BCUT2D eigenvalue weighted by Gasteiger charge is 2.20. The van der Waals surface area contributed by atoms with E-state index in [-0.39, 0.29) is 17.2 Å². The van der Waals surface area contributed by atoms with E-state index in [2.05, 4.69) is 15.5 Å². The smallest absolute Gasteiger partial charge is 0.262 e. The van der Waals surface area contributed by atoms with Gasteiger partial charge in [0, 0.05) is 19.7 Å². The molecule has 2 aromatic carbocycles. The molecule has 3 aromatic rings. The predicted octanol–water partition coefficient (Wildman–Crippen LogP) is 2.01. The Balaban J connectivity index is 1.67.